The number of piperidine rings is 1. The minimum absolute atomic E-state index is 0.0794. The average Bonchev–Trinajstić information content (AvgIpc) is 3.12. The van der Waals surface area contributed by atoms with Gasteiger partial charge in [0.15, 0.2) is 5.78 Å². The second-order valence-corrected chi connectivity index (χ2v) is 9.68. The first-order valence-corrected chi connectivity index (χ1v) is 11.2. The van der Waals surface area contributed by atoms with Gasteiger partial charge in [0.25, 0.3) is 0 Å². The Hall–Kier alpha value is -2.09. The number of thiazole rings is 1. The molecule has 7 heteroatoms. The summed E-state index contributed by atoms with van der Waals surface area (Å²) in [5.74, 6) is -0.0794. The van der Waals surface area contributed by atoms with Gasteiger partial charge in [-0.15, -0.1) is 11.3 Å². The summed E-state index contributed by atoms with van der Waals surface area (Å²) < 4.78 is 29.2. The van der Waals surface area contributed by atoms with E-state index in [0.29, 0.717) is 12.1 Å². The first kappa shape index (κ1) is 18.3. The summed E-state index contributed by atoms with van der Waals surface area (Å²) in [6.45, 7) is 1.95. The summed E-state index contributed by atoms with van der Waals surface area (Å²) >= 11 is 1.56. The molecule has 0 spiro atoms. The van der Waals surface area contributed by atoms with Gasteiger partial charge in [-0.25, -0.2) is 13.4 Å². The fraction of sp³-hybridized carbons (Fsp3) is 0.300. The predicted octanol–water partition coefficient (Wildman–Crippen LogP) is 4.41. The second-order valence-electron chi connectivity index (χ2n) is 6.73. The van der Waals surface area contributed by atoms with Crippen LogP contribution in [0.25, 0.3) is 10.2 Å². The van der Waals surface area contributed by atoms with Crippen LogP contribution in [0.15, 0.2) is 53.4 Å². The molecule has 0 bridgehead atoms. The summed E-state index contributed by atoms with van der Waals surface area (Å²) in [5, 5.41) is 0.847. The molecule has 140 valence electrons. The van der Waals surface area contributed by atoms with Crippen molar-refractivity contribution in [3.8, 4) is 0 Å². The quantitative estimate of drug-likeness (QED) is 0.608. The molecule has 0 unspecified atom stereocenters. The van der Waals surface area contributed by atoms with Crippen LogP contribution in [0.4, 0.5) is 0 Å². The van der Waals surface area contributed by atoms with E-state index in [1.54, 1.807) is 27.8 Å². The van der Waals surface area contributed by atoms with Crippen LogP contribution in [0.3, 0.4) is 0 Å². The lowest BCUT2D eigenvalue weighted by Gasteiger charge is -2.33. The molecule has 27 heavy (non-hydrogen) atoms. The molecule has 0 radical (unpaired) electrons. The van der Waals surface area contributed by atoms with Gasteiger partial charge in [-0.05, 0) is 44.0 Å². The van der Waals surface area contributed by atoms with E-state index in [0.717, 1.165) is 34.5 Å². The lowest BCUT2D eigenvalue weighted by Crippen LogP contribution is -2.38. The summed E-state index contributed by atoms with van der Waals surface area (Å²) in [5.41, 5.74) is 1.42. The smallest absolute Gasteiger partial charge is 0.243 e. The monoisotopic (exact) mass is 400 g/mol. The Balaban J connectivity index is 1.71. The number of sulfonamides is 1. The highest BCUT2D eigenvalue weighted by Crippen LogP contribution is 2.38. The third-order valence-corrected chi connectivity index (χ3v) is 7.98. The van der Waals surface area contributed by atoms with Crippen molar-refractivity contribution in [1.82, 2.24) is 9.29 Å². The van der Waals surface area contributed by atoms with Crippen LogP contribution in [-0.4, -0.2) is 30.0 Å². The van der Waals surface area contributed by atoms with Crippen molar-refractivity contribution in [2.24, 2.45) is 0 Å². The van der Waals surface area contributed by atoms with Crippen LogP contribution in [0.5, 0.6) is 0 Å². The zero-order valence-electron chi connectivity index (χ0n) is 15.0. The summed E-state index contributed by atoms with van der Waals surface area (Å²) in [7, 11) is -3.65. The normalized spacial score (nSPS) is 18.6. The van der Waals surface area contributed by atoms with Crippen molar-refractivity contribution in [1.29, 1.82) is 0 Å². The zero-order chi connectivity index (χ0) is 19.0. The van der Waals surface area contributed by atoms with Crippen LogP contribution in [0.1, 0.15) is 47.6 Å². The number of Topliss-reactive ketones (excluding diaryl/α,β-unsaturated/α-hetero) is 1. The van der Waals surface area contributed by atoms with Crippen LogP contribution in [-0.2, 0) is 10.0 Å². The van der Waals surface area contributed by atoms with E-state index in [1.165, 1.54) is 19.1 Å². The van der Waals surface area contributed by atoms with Gasteiger partial charge in [-0.1, -0.05) is 30.7 Å². The number of fused-ring (bicyclic) bond motifs is 1. The van der Waals surface area contributed by atoms with Gasteiger partial charge in [0, 0.05) is 12.1 Å². The number of nitrogens with zero attached hydrogens (tertiary/aromatic N) is 2. The van der Waals surface area contributed by atoms with E-state index < -0.39 is 10.0 Å². The largest absolute Gasteiger partial charge is 0.295 e. The second kappa shape index (κ2) is 7.14. The van der Waals surface area contributed by atoms with Crippen LogP contribution < -0.4 is 0 Å². The molecule has 1 aliphatic rings. The molecular weight excluding hydrogens is 380 g/mol. The summed E-state index contributed by atoms with van der Waals surface area (Å²) in [4.78, 5) is 16.4. The van der Waals surface area contributed by atoms with E-state index >= 15 is 0 Å². The predicted molar refractivity (Wildman–Crippen MR) is 107 cm³/mol. The van der Waals surface area contributed by atoms with Crippen molar-refractivity contribution < 1.29 is 13.2 Å². The Morgan fingerprint density at radius 3 is 2.56 bits per heavy atom. The maximum atomic E-state index is 13.3. The van der Waals surface area contributed by atoms with Crippen molar-refractivity contribution in [3.05, 3.63) is 59.1 Å². The number of carbonyl (C=O) groups excluding carboxylic acids is 1. The van der Waals surface area contributed by atoms with Gasteiger partial charge in [0.2, 0.25) is 10.0 Å². The molecule has 2 aromatic carbocycles. The van der Waals surface area contributed by atoms with E-state index in [1.807, 2.05) is 24.3 Å². The molecule has 1 atom stereocenters. The number of aromatic nitrogens is 1. The van der Waals surface area contributed by atoms with Crippen LogP contribution in [0, 0.1) is 0 Å². The van der Waals surface area contributed by atoms with Crippen molar-refractivity contribution in [2.45, 2.75) is 37.1 Å². The highest BCUT2D eigenvalue weighted by Gasteiger charge is 2.36. The number of benzene rings is 2. The lowest BCUT2D eigenvalue weighted by molar-refractivity contribution is 0.101. The third kappa shape index (κ3) is 3.42. The molecule has 0 amide bonds. The lowest BCUT2D eigenvalue weighted by atomic mass is 10.1. The maximum absolute atomic E-state index is 13.3. The average molecular weight is 401 g/mol. The molecule has 5 nitrogen and oxygen atoms in total. The van der Waals surface area contributed by atoms with Crippen LogP contribution >= 0.6 is 11.3 Å². The highest BCUT2D eigenvalue weighted by molar-refractivity contribution is 7.89. The third-order valence-electron chi connectivity index (χ3n) is 4.92. The number of ketones is 1. The van der Waals surface area contributed by atoms with Crippen molar-refractivity contribution >= 4 is 37.4 Å². The van der Waals surface area contributed by atoms with Crippen LogP contribution in [0.2, 0.25) is 0 Å². The van der Waals surface area contributed by atoms with Crippen molar-refractivity contribution in [3.63, 3.8) is 0 Å². The Kier molecular flexibility index (Phi) is 4.84. The van der Waals surface area contributed by atoms with Gasteiger partial charge in [-0.2, -0.15) is 4.31 Å². The Labute approximate surface area is 162 Å². The SMILES string of the molecule is CC(=O)c1ccc(S(=O)(=O)N2CCCC[C@@H]2c2nc3ccccc3s2)cc1. The molecule has 1 aromatic heterocycles. The minimum atomic E-state index is -3.65. The number of rotatable bonds is 4. The molecule has 3 aromatic rings. The van der Waals surface area contributed by atoms with E-state index in [4.69, 9.17) is 4.98 Å². The first-order valence-electron chi connectivity index (χ1n) is 8.95. The van der Waals surface area contributed by atoms with E-state index in [2.05, 4.69) is 0 Å². The topological polar surface area (TPSA) is 67.3 Å². The fourth-order valence-corrected chi connectivity index (χ4v) is 6.31. The zero-order valence-corrected chi connectivity index (χ0v) is 16.6. The molecule has 1 saturated heterocycles. The molecule has 0 aliphatic carbocycles. The molecule has 1 fully saturated rings. The summed E-state index contributed by atoms with van der Waals surface area (Å²) in [6.07, 6.45) is 2.59. The Morgan fingerprint density at radius 2 is 1.85 bits per heavy atom. The number of para-hydroxylation sites is 1. The Morgan fingerprint density at radius 1 is 1.11 bits per heavy atom. The fourth-order valence-electron chi connectivity index (χ4n) is 3.47. The first-order chi connectivity index (χ1) is 13.0. The van der Waals surface area contributed by atoms with Crippen molar-refractivity contribution in [2.75, 3.05) is 6.54 Å². The molecule has 1 aliphatic heterocycles. The molecular formula is C20H20N2O3S2. The van der Waals surface area contributed by atoms with Gasteiger partial charge >= 0.3 is 0 Å². The van der Waals surface area contributed by atoms with Gasteiger partial charge in [0.1, 0.15) is 5.01 Å². The van der Waals surface area contributed by atoms with Gasteiger partial charge < -0.3 is 0 Å². The summed E-state index contributed by atoms with van der Waals surface area (Å²) in [6, 6.07) is 13.8. The highest BCUT2D eigenvalue weighted by atomic mass is 32.2. The van der Waals surface area contributed by atoms with E-state index in [-0.39, 0.29) is 16.7 Å². The van der Waals surface area contributed by atoms with E-state index in [9.17, 15) is 13.2 Å². The minimum Gasteiger partial charge on any atom is -0.295 e. The van der Waals surface area contributed by atoms with Gasteiger partial charge in [-0.3, -0.25) is 4.79 Å². The Bertz CT molecular complexity index is 1050. The molecule has 0 saturated carbocycles. The van der Waals surface area contributed by atoms with Gasteiger partial charge in [0.05, 0.1) is 21.2 Å². The number of hydrogen-bond acceptors (Lipinski definition) is 5. The molecule has 4 rings (SSSR count). The maximum Gasteiger partial charge on any atom is 0.243 e. The number of carbonyl (C=O) groups is 1. The standard InChI is InChI=1S/C20H20N2O3S2/c1-14(23)15-9-11-16(12-10-15)27(24,25)22-13-5-4-7-18(22)20-21-17-6-2-3-8-19(17)26-20/h2-3,6,8-12,18H,4-5,7,13H2,1H3/t18-/m1/s1. The number of hydrogen-bond donors (Lipinski definition) is 0. The molecule has 2 heterocycles. The molecule has 0 N–H and O–H groups in total.